The van der Waals surface area contributed by atoms with Crippen LogP contribution in [-0.2, 0) is 9.53 Å². The summed E-state index contributed by atoms with van der Waals surface area (Å²) in [6, 6.07) is 0. The van der Waals surface area contributed by atoms with Gasteiger partial charge in [-0.15, -0.1) is 0 Å². The second-order valence-electron chi connectivity index (χ2n) is 3.39. The fourth-order valence-electron chi connectivity index (χ4n) is 0.870. The van der Waals surface area contributed by atoms with Crippen LogP contribution in [0.4, 0.5) is 0 Å². The highest BCUT2D eigenvalue weighted by molar-refractivity contribution is 5.71. The minimum atomic E-state index is -0.0916. The maximum absolute atomic E-state index is 11.0. The van der Waals surface area contributed by atoms with Crippen molar-refractivity contribution >= 4 is 5.97 Å². The van der Waals surface area contributed by atoms with Crippen LogP contribution in [0, 0.1) is 5.92 Å². The van der Waals surface area contributed by atoms with E-state index < -0.39 is 0 Å². The lowest BCUT2D eigenvalue weighted by Crippen LogP contribution is -2.12. The molecule has 0 aromatic heterocycles. The molecule has 0 spiro atoms. The molecule has 0 aromatic carbocycles. The van der Waals surface area contributed by atoms with Gasteiger partial charge in [-0.3, -0.25) is 4.79 Å². The predicted molar refractivity (Wildman–Crippen MR) is 54.5 cm³/mol. The van der Waals surface area contributed by atoms with E-state index in [1.165, 1.54) is 0 Å². The molecule has 0 saturated carbocycles. The Morgan fingerprint density at radius 2 is 2.08 bits per heavy atom. The number of hydrogen-bond donors (Lipinski definition) is 0. The Balaban J connectivity index is 3.21. The summed E-state index contributed by atoms with van der Waals surface area (Å²) in [6.07, 6.45) is 7.30. The molecule has 0 aromatic rings. The number of unbranched alkanes of at least 4 members (excludes halogenated alkanes) is 2. The van der Waals surface area contributed by atoms with E-state index in [-0.39, 0.29) is 11.9 Å². The monoisotopic (exact) mass is 184 g/mol. The van der Waals surface area contributed by atoms with Gasteiger partial charge in [0.2, 0.25) is 0 Å². The van der Waals surface area contributed by atoms with Crippen LogP contribution >= 0.6 is 0 Å². The van der Waals surface area contributed by atoms with Crippen LogP contribution < -0.4 is 0 Å². The minimum Gasteiger partial charge on any atom is -0.465 e. The highest BCUT2D eigenvalue weighted by atomic mass is 16.5. The molecular weight excluding hydrogens is 164 g/mol. The smallest absolute Gasteiger partial charge is 0.308 e. The van der Waals surface area contributed by atoms with Crippen molar-refractivity contribution in [2.24, 2.45) is 5.92 Å². The summed E-state index contributed by atoms with van der Waals surface area (Å²) in [5, 5.41) is 0. The summed E-state index contributed by atoms with van der Waals surface area (Å²) < 4.78 is 5.02. The van der Waals surface area contributed by atoms with Crippen LogP contribution in [0.3, 0.4) is 0 Å². The van der Waals surface area contributed by atoms with Gasteiger partial charge < -0.3 is 4.74 Å². The zero-order valence-corrected chi connectivity index (χ0v) is 8.88. The lowest BCUT2D eigenvalue weighted by molar-refractivity contribution is -0.147. The second kappa shape index (κ2) is 7.84. The Labute approximate surface area is 81.0 Å². The van der Waals surface area contributed by atoms with E-state index in [1.54, 1.807) is 0 Å². The molecule has 0 fully saturated rings. The lowest BCUT2D eigenvalue weighted by atomic mass is 10.2. The molecule has 0 heterocycles. The van der Waals surface area contributed by atoms with E-state index in [2.05, 4.69) is 6.08 Å². The number of esters is 1. The quantitative estimate of drug-likeness (QED) is 0.360. The Morgan fingerprint density at radius 3 is 2.62 bits per heavy atom. The molecule has 76 valence electrons. The SMILES string of the molecule is CC=CCCCCOC(=O)C(C)C. The Hall–Kier alpha value is -0.790. The number of hydrogen-bond acceptors (Lipinski definition) is 2. The van der Waals surface area contributed by atoms with Gasteiger partial charge in [-0.2, -0.15) is 0 Å². The highest BCUT2D eigenvalue weighted by Gasteiger charge is 2.06. The molecule has 13 heavy (non-hydrogen) atoms. The lowest BCUT2D eigenvalue weighted by Gasteiger charge is -2.05. The van der Waals surface area contributed by atoms with Crippen molar-refractivity contribution in [3.8, 4) is 0 Å². The molecule has 0 aliphatic rings. The second-order valence-corrected chi connectivity index (χ2v) is 3.39. The van der Waals surface area contributed by atoms with E-state index in [1.807, 2.05) is 26.8 Å². The minimum absolute atomic E-state index is 0.00413. The highest BCUT2D eigenvalue weighted by Crippen LogP contribution is 2.00. The summed E-state index contributed by atoms with van der Waals surface area (Å²) in [6.45, 7) is 6.28. The molecule has 0 bridgehead atoms. The molecular formula is C11H20O2. The van der Waals surface area contributed by atoms with Crippen LogP contribution in [0.1, 0.15) is 40.0 Å². The van der Waals surface area contributed by atoms with Crippen molar-refractivity contribution in [3.63, 3.8) is 0 Å². The van der Waals surface area contributed by atoms with Gasteiger partial charge in [0.25, 0.3) is 0 Å². The Bertz CT molecular complexity index is 159. The molecule has 0 aliphatic carbocycles. The zero-order valence-electron chi connectivity index (χ0n) is 8.88. The Kier molecular flexibility index (Phi) is 7.36. The van der Waals surface area contributed by atoms with Gasteiger partial charge in [0.05, 0.1) is 12.5 Å². The van der Waals surface area contributed by atoms with E-state index in [9.17, 15) is 4.79 Å². The van der Waals surface area contributed by atoms with Crippen molar-refractivity contribution in [2.75, 3.05) is 6.61 Å². The van der Waals surface area contributed by atoms with Gasteiger partial charge in [0.15, 0.2) is 0 Å². The third-order valence-electron chi connectivity index (χ3n) is 1.72. The van der Waals surface area contributed by atoms with Gasteiger partial charge in [0.1, 0.15) is 0 Å². The summed E-state index contributed by atoms with van der Waals surface area (Å²) >= 11 is 0. The molecule has 0 rings (SSSR count). The standard InChI is InChI=1S/C11H20O2/c1-4-5-6-7-8-9-13-11(12)10(2)3/h4-5,10H,6-9H2,1-3H3. The summed E-state index contributed by atoms with van der Waals surface area (Å²) in [7, 11) is 0. The number of carbonyl (C=O) groups is 1. The molecule has 0 radical (unpaired) electrons. The zero-order chi connectivity index (χ0) is 10.1. The van der Waals surface area contributed by atoms with E-state index in [0.717, 1.165) is 19.3 Å². The first-order valence-electron chi connectivity index (χ1n) is 4.96. The van der Waals surface area contributed by atoms with Crippen molar-refractivity contribution in [2.45, 2.75) is 40.0 Å². The molecule has 0 N–H and O–H groups in total. The van der Waals surface area contributed by atoms with Crippen LogP contribution in [0.15, 0.2) is 12.2 Å². The van der Waals surface area contributed by atoms with Crippen molar-refractivity contribution in [3.05, 3.63) is 12.2 Å². The maximum Gasteiger partial charge on any atom is 0.308 e. The number of rotatable bonds is 6. The van der Waals surface area contributed by atoms with Gasteiger partial charge in [-0.25, -0.2) is 0 Å². The first-order chi connectivity index (χ1) is 6.18. The fourth-order valence-corrected chi connectivity index (χ4v) is 0.870. The van der Waals surface area contributed by atoms with Gasteiger partial charge >= 0.3 is 5.97 Å². The van der Waals surface area contributed by atoms with Gasteiger partial charge in [0, 0.05) is 0 Å². The largest absolute Gasteiger partial charge is 0.465 e. The maximum atomic E-state index is 11.0. The third kappa shape index (κ3) is 7.57. The molecule has 0 saturated heterocycles. The summed E-state index contributed by atoms with van der Waals surface area (Å²) in [5.41, 5.74) is 0. The predicted octanol–water partition coefficient (Wildman–Crippen LogP) is 2.93. The molecule has 0 unspecified atom stereocenters. The molecule has 2 heteroatoms. The summed E-state index contributed by atoms with van der Waals surface area (Å²) in [4.78, 5) is 11.0. The fraction of sp³-hybridized carbons (Fsp3) is 0.727. The molecule has 0 amide bonds. The van der Waals surface area contributed by atoms with Crippen molar-refractivity contribution in [1.82, 2.24) is 0 Å². The molecule has 0 aliphatic heterocycles. The number of ether oxygens (including phenoxy) is 1. The van der Waals surface area contributed by atoms with Crippen molar-refractivity contribution in [1.29, 1.82) is 0 Å². The number of carbonyl (C=O) groups excluding carboxylic acids is 1. The van der Waals surface area contributed by atoms with Crippen LogP contribution in [-0.4, -0.2) is 12.6 Å². The molecule has 0 atom stereocenters. The molecule has 2 nitrogen and oxygen atoms in total. The topological polar surface area (TPSA) is 26.3 Å². The first kappa shape index (κ1) is 12.2. The van der Waals surface area contributed by atoms with E-state index in [4.69, 9.17) is 4.74 Å². The van der Waals surface area contributed by atoms with E-state index in [0.29, 0.717) is 6.61 Å². The van der Waals surface area contributed by atoms with Gasteiger partial charge in [-0.1, -0.05) is 26.0 Å². The summed E-state index contributed by atoms with van der Waals surface area (Å²) in [5.74, 6) is -0.0958. The van der Waals surface area contributed by atoms with Crippen LogP contribution in [0.5, 0.6) is 0 Å². The van der Waals surface area contributed by atoms with Gasteiger partial charge in [-0.05, 0) is 26.2 Å². The normalized spacial score (nSPS) is 11.1. The number of allylic oxidation sites excluding steroid dienone is 2. The van der Waals surface area contributed by atoms with Crippen LogP contribution in [0.2, 0.25) is 0 Å². The third-order valence-corrected chi connectivity index (χ3v) is 1.72. The first-order valence-corrected chi connectivity index (χ1v) is 4.96. The van der Waals surface area contributed by atoms with E-state index >= 15 is 0 Å². The van der Waals surface area contributed by atoms with Crippen LogP contribution in [0.25, 0.3) is 0 Å². The Morgan fingerprint density at radius 1 is 1.38 bits per heavy atom. The average molecular weight is 184 g/mol. The van der Waals surface area contributed by atoms with Crippen molar-refractivity contribution < 1.29 is 9.53 Å². The average Bonchev–Trinajstić information content (AvgIpc) is 2.10.